The lowest BCUT2D eigenvalue weighted by molar-refractivity contribution is 0.0697. The molecule has 0 radical (unpaired) electrons. The van der Waals surface area contributed by atoms with Gasteiger partial charge in [-0.1, -0.05) is 12.1 Å². The van der Waals surface area contributed by atoms with Crippen LogP contribution in [0.25, 0.3) is 0 Å². The first kappa shape index (κ1) is 15.1. The van der Waals surface area contributed by atoms with Gasteiger partial charge < -0.3 is 15.7 Å². The second kappa shape index (κ2) is 6.41. The monoisotopic (exact) mass is 348 g/mol. The predicted octanol–water partition coefficient (Wildman–Crippen LogP) is 4.10. The van der Waals surface area contributed by atoms with E-state index in [1.807, 2.05) is 25.1 Å². The van der Waals surface area contributed by atoms with Crippen LogP contribution in [0.3, 0.4) is 0 Å². The van der Waals surface area contributed by atoms with Crippen LogP contribution in [0.1, 0.15) is 15.9 Å². The van der Waals surface area contributed by atoms with Crippen LogP contribution in [0.4, 0.5) is 16.2 Å². The van der Waals surface area contributed by atoms with Crippen molar-refractivity contribution in [2.24, 2.45) is 0 Å². The third kappa shape index (κ3) is 4.06. The maximum absolute atomic E-state index is 11.9. The summed E-state index contributed by atoms with van der Waals surface area (Å²) in [5.74, 6) is -1.04. The molecule has 0 atom stereocenters. The molecule has 2 aromatic rings. The Morgan fingerprint density at radius 2 is 1.86 bits per heavy atom. The maximum Gasteiger partial charge on any atom is 0.335 e. The zero-order chi connectivity index (χ0) is 15.4. The predicted molar refractivity (Wildman–Crippen MR) is 84.9 cm³/mol. The standard InChI is InChI=1S/C15H13BrN2O3/c1-9-5-6-12(16)13(7-9)18-15(21)17-11-4-2-3-10(8-11)14(19)20/h2-8H,1H3,(H,19,20)(H2,17,18,21). The van der Waals surface area contributed by atoms with Gasteiger partial charge in [-0.25, -0.2) is 9.59 Å². The molecular formula is C15H13BrN2O3. The maximum atomic E-state index is 11.9. The van der Waals surface area contributed by atoms with Crippen LogP contribution in [-0.4, -0.2) is 17.1 Å². The number of aryl methyl sites for hydroxylation is 1. The van der Waals surface area contributed by atoms with Gasteiger partial charge in [0.25, 0.3) is 0 Å². The summed E-state index contributed by atoms with van der Waals surface area (Å²) in [6.07, 6.45) is 0. The molecule has 108 valence electrons. The van der Waals surface area contributed by atoms with Crippen LogP contribution >= 0.6 is 15.9 Å². The minimum absolute atomic E-state index is 0.115. The van der Waals surface area contributed by atoms with E-state index in [1.165, 1.54) is 12.1 Å². The number of amides is 2. The van der Waals surface area contributed by atoms with Crippen molar-refractivity contribution < 1.29 is 14.7 Å². The van der Waals surface area contributed by atoms with Crippen molar-refractivity contribution in [3.05, 3.63) is 58.1 Å². The molecule has 2 amide bonds. The number of urea groups is 1. The Morgan fingerprint density at radius 3 is 2.57 bits per heavy atom. The molecule has 0 aromatic heterocycles. The molecule has 6 heteroatoms. The van der Waals surface area contributed by atoms with E-state index in [0.717, 1.165) is 10.0 Å². The number of carbonyl (C=O) groups excluding carboxylic acids is 1. The van der Waals surface area contributed by atoms with Crippen molar-refractivity contribution in [1.82, 2.24) is 0 Å². The Bertz CT molecular complexity index is 701. The van der Waals surface area contributed by atoms with Gasteiger partial charge in [0.2, 0.25) is 0 Å². The van der Waals surface area contributed by atoms with Gasteiger partial charge in [0.1, 0.15) is 0 Å². The SMILES string of the molecule is Cc1ccc(Br)c(NC(=O)Nc2cccc(C(=O)O)c2)c1. The first-order valence-electron chi connectivity index (χ1n) is 6.13. The van der Waals surface area contributed by atoms with E-state index in [1.54, 1.807) is 12.1 Å². The number of benzene rings is 2. The summed E-state index contributed by atoms with van der Waals surface area (Å²) >= 11 is 3.35. The van der Waals surface area contributed by atoms with Crippen LogP contribution in [0, 0.1) is 6.92 Å². The van der Waals surface area contributed by atoms with Crippen molar-refractivity contribution in [1.29, 1.82) is 0 Å². The molecule has 2 aromatic carbocycles. The second-order valence-corrected chi connectivity index (χ2v) is 5.30. The van der Waals surface area contributed by atoms with Crippen molar-refractivity contribution in [3.8, 4) is 0 Å². The van der Waals surface area contributed by atoms with Crippen molar-refractivity contribution in [3.63, 3.8) is 0 Å². The topological polar surface area (TPSA) is 78.4 Å². The molecule has 3 N–H and O–H groups in total. The Labute approximate surface area is 130 Å². The quantitative estimate of drug-likeness (QED) is 0.781. The molecule has 0 aliphatic rings. The summed E-state index contributed by atoms with van der Waals surface area (Å²) in [6, 6.07) is 11.2. The number of carboxylic acid groups (broad SMARTS) is 1. The third-order valence-electron chi connectivity index (χ3n) is 2.74. The van der Waals surface area contributed by atoms with E-state index in [9.17, 15) is 9.59 Å². The van der Waals surface area contributed by atoms with Gasteiger partial charge in [-0.05, 0) is 58.7 Å². The van der Waals surface area contributed by atoms with Gasteiger partial charge in [0.15, 0.2) is 0 Å². The van der Waals surface area contributed by atoms with E-state index in [-0.39, 0.29) is 5.56 Å². The van der Waals surface area contributed by atoms with Crippen LogP contribution in [-0.2, 0) is 0 Å². The molecule has 0 aliphatic heterocycles. The highest BCUT2D eigenvalue weighted by Gasteiger charge is 2.08. The molecule has 0 bridgehead atoms. The van der Waals surface area contributed by atoms with Gasteiger partial charge in [-0.3, -0.25) is 0 Å². The van der Waals surface area contributed by atoms with Crippen LogP contribution < -0.4 is 10.6 Å². The summed E-state index contributed by atoms with van der Waals surface area (Å²) in [7, 11) is 0. The van der Waals surface area contributed by atoms with Crippen LogP contribution in [0.2, 0.25) is 0 Å². The molecule has 0 unspecified atom stereocenters. The number of carbonyl (C=O) groups is 2. The summed E-state index contributed by atoms with van der Waals surface area (Å²) in [5, 5.41) is 14.2. The highest BCUT2D eigenvalue weighted by Crippen LogP contribution is 2.23. The number of rotatable bonds is 3. The van der Waals surface area contributed by atoms with Crippen molar-refractivity contribution >= 4 is 39.3 Å². The van der Waals surface area contributed by atoms with Crippen molar-refractivity contribution in [2.75, 3.05) is 10.6 Å². The zero-order valence-corrected chi connectivity index (χ0v) is 12.8. The fourth-order valence-corrected chi connectivity index (χ4v) is 2.10. The Kier molecular flexibility index (Phi) is 4.59. The number of hydrogen-bond donors (Lipinski definition) is 3. The summed E-state index contributed by atoms with van der Waals surface area (Å²) < 4.78 is 0.766. The van der Waals surface area contributed by atoms with Crippen LogP contribution in [0.5, 0.6) is 0 Å². The Hall–Kier alpha value is -2.34. The minimum atomic E-state index is -1.04. The van der Waals surface area contributed by atoms with Gasteiger partial charge in [-0.2, -0.15) is 0 Å². The minimum Gasteiger partial charge on any atom is -0.478 e. The van der Waals surface area contributed by atoms with Crippen molar-refractivity contribution in [2.45, 2.75) is 6.92 Å². The Balaban J connectivity index is 2.10. The lowest BCUT2D eigenvalue weighted by atomic mass is 10.2. The van der Waals surface area contributed by atoms with E-state index in [2.05, 4.69) is 26.6 Å². The molecule has 2 rings (SSSR count). The molecule has 5 nitrogen and oxygen atoms in total. The van der Waals surface area contributed by atoms with E-state index < -0.39 is 12.0 Å². The van der Waals surface area contributed by atoms with E-state index in [4.69, 9.17) is 5.11 Å². The van der Waals surface area contributed by atoms with Crippen LogP contribution in [0.15, 0.2) is 46.9 Å². The first-order chi connectivity index (χ1) is 9.95. The number of halogens is 1. The third-order valence-corrected chi connectivity index (χ3v) is 3.43. The molecule has 0 spiro atoms. The lowest BCUT2D eigenvalue weighted by Crippen LogP contribution is -2.20. The lowest BCUT2D eigenvalue weighted by Gasteiger charge is -2.10. The van der Waals surface area contributed by atoms with Gasteiger partial charge in [0, 0.05) is 10.2 Å². The number of carboxylic acids is 1. The second-order valence-electron chi connectivity index (χ2n) is 4.45. The smallest absolute Gasteiger partial charge is 0.335 e. The summed E-state index contributed by atoms with van der Waals surface area (Å²) in [4.78, 5) is 22.8. The average Bonchev–Trinajstić information content (AvgIpc) is 2.43. The Morgan fingerprint density at radius 1 is 1.10 bits per heavy atom. The fraction of sp³-hybridized carbons (Fsp3) is 0.0667. The summed E-state index contributed by atoms with van der Waals surface area (Å²) in [6.45, 7) is 1.92. The van der Waals surface area contributed by atoms with E-state index in [0.29, 0.717) is 11.4 Å². The number of nitrogens with one attached hydrogen (secondary N) is 2. The summed E-state index contributed by atoms with van der Waals surface area (Å²) in [5.41, 5.74) is 2.18. The normalized spacial score (nSPS) is 10.0. The van der Waals surface area contributed by atoms with Gasteiger partial charge in [-0.15, -0.1) is 0 Å². The average molecular weight is 349 g/mol. The molecule has 0 heterocycles. The first-order valence-corrected chi connectivity index (χ1v) is 6.92. The molecular weight excluding hydrogens is 336 g/mol. The molecule has 21 heavy (non-hydrogen) atoms. The number of aromatic carboxylic acids is 1. The molecule has 0 fully saturated rings. The number of anilines is 2. The highest BCUT2D eigenvalue weighted by molar-refractivity contribution is 9.10. The molecule has 0 saturated heterocycles. The number of hydrogen-bond acceptors (Lipinski definition) is 2. The van der Waals surface area contributed by atoms with E-state index >= 15 is 0 Å². The molecule has 0 aliphatic carbocycles. The highest BCUT2D eigenvalue weighted by atomic mass is 79.9. The largest absolute Gasteiger partial charge is 0.478 e. The zero-order valence-electron chi connectivity index (χ0n) is 11.2. The van der Waals surface area contributed by atoms with Gasteiger partial charge in [0.05, 0.1) is 11.3 Å². The fourth-order valence-electron chi connectivity index (χ4n) is 1.75. The molecule has 0 saturated carbocycles. The van der Waals surface area contributed by atoms with Gasteiger partial charge >= 0.3 is 12.0 Å².